The zero-order valence-corrected chi connectivity index (χ0v) is 11.1. The molecule has 0 aromatic heterocycles. The predicted molar refractivity (Wildman–Crippen MR) is 70.6 cm³/mol. The molecule has 0 unspecified atom stereocenters. The largest absolute Gasteiger partial charge is 0.545 e. The molecule has 0 amide bonds. The van der Waals surface area contributed by atoms with Crippen molar-refractivity contribution in [1.29, 1.82) is 0 Å². The van der Waals surface area contributed by atoms with Gasteiger partial charge >= 0.3 is 0 Å². The highest BCUT2D eigenvalue weighted by atomic mass is 16.4. The van der Waals surface area contributed by atoms with Gasteiger partial charge in [-0.25, -0.2) is 0 Å². The molecule has 0 aliphatic heterocycles. The summed E-state index contributed by atoms with van der Waals surface area (Å²) >= 11 is 0. The normalized spacial score (nSPS) is 39.5. The van der Waals surface area contributed by atoms with Gasteiger partial charge in [0, 0.05) is 0 Å². The Balaban J connectivity index is 1.75. The average Bonchev–Trinajstić information content (AvgIpc) is 2.37. The van der Waals surface area contributed by atoms with Crippen molar-refractivity contribution < 1.29 is 9.90 Å². The fourth-order valence-electron chi connectivity index (χ4n) is 5.44. The standard InChI is InChI=1S/C17H20O2/c18-16(19)14-2-1-3-15(7-14)17-8-11-4-12(9-17)6-13(5-11)10-17/h1-3,7,11-13H,4-6,8-10H2,(H,18,19)/p-1. The first-order valence-corrected chi connectivity index (χ1v) is 7.46. The lowest BCUT2D eigenvalue weighted by molar-refractivity contribution is -0.255. The Morgan fingerprint density at radius 2 is 1.63 bits per heavy atom. The molecule has 4 bridgehead atoms. The highest BCUT2D eigenvalue weighted by Crippen LogP contribution is 2.60. The van der Waals surface area contributed by atoms with E-state index in [0.717, 1.165) is 17.8 Å². The van der Waals surface area contributed by atoms with E-state index < -0.39 is 5.97 Å². The average molecular weight is 255 g/mol. The van der Waals surface area contributed by atoms with Crippen molar-refractivity contribution in [3.63, 3.8) is 0 Å². The van der Waals surface area contributed by atoms with E-state index >= 15 is 0 Å². The fraction of sp³-hybridized carbons (Fsp3) is 0.588. The summed E-state index contributed by atoms with van der Waals surface area (Å²) < 4.78 is 0. The van der Waals surface area contributed by atoms with Crippen LogP contribution in [-0.4, -0.2) is 5.97 Å². The van der Waals surface area contributed by atoms with E-state index in [1.54, 1.807) is 6.07 Å². The molecule has 0 atom stereocenters. The molecule has 2 nitrogen and oxygen atoms in total. The van der Waals surface area contributed by atoms with Crippen molar-refractivity contribution in [3.05, 3.63) is 35.4 Å². The third-order valence-corrected chi connectivity index (χ3v) is 5.75. The molecular formula is C17H19O2-. The van der Waals surface area contributed by atoms with E-state index in [-0.39, 0.29) is 5.41 Å². The highest BCUT2D eigenvalue weighted by Gasteiger charge is 2.51. The van der Waals surface area contributed by atoms with Gasteiger partial charge in [-0.15, -0.1) is 0 Å². The minimum absolute atomic E-state index is 0.278. The summed E-state index contributed by atoms with van der Waals surface area (Å²) in [6, 6.07) is 7.56. The molecule has 0 spiro atoms. The third-order valence-electron chi connectivity index (χ3n) is 5.75. The van der Waals surface area contributed by atoms with Crippen molar-refractivity contribution >= 4 is 5.97 Å². The minimum atomic E-state index is -1.05. The molecule has 19 heavy (non-hydrogen) atoms. The summed E-state index contributed by atoms with van der Waals surface area (Å²) in [4.78, 5) is 11.1. The van der Waals surface area contributed by atoms with Crippen molar-refractivity contribution in [2.75, 3.05) is 0 Å². The minimum Gasteiger partial charge on any atom is -0.545 e. The molecule has 0 N–H and O–H groups in total. The fourth-order valence-corrected chi connectivity index (χ4v) is 5.44. The summed E-state index contributed by atoms with van der Waals surface area (Å²) in [5.74, 6) is 1.61. The Morgan fingerprint density at radius 1 is 1.05 bits per heavy atom. The van der Waals surface area contributed by atoms with Gasteiger partial charge in [-0.2, -0.15) is 0 Å². The quantitative estimate of drug-likeness (QED) is 0.814. The second-order valence-electron chi connectivity index (χ2n) is 7.07. The molecule has 5 rings (SSSR count). The molecular weight excluding hydrogens is 236 g/mol. The number of aromatic carboxylic acids is 1. The molecule has 4 aliphatic carbocycles. The lowest BCUT2D eigenvalue weighted by Crippen LogP contribution is -2.48. The summed E-state index contributed by atoms with van der Waals surface area (Å²) in [7, 11) is 0. The monoisotopic (exact) mass is 255 g/mol. The van der Waals surface area contributed by atoms with Crippen LogP contribution in [0.15, 0.2) is 24.3 Å². The van der Waals surface area contributed by atoms with Crippen molar-refractivity contribution in [3.8, 4) is 0 Å². The van der Waals surface area contributed by atoms with E-state index in [0.29, 0.717) is 5.56 Å². The summed E-state index contributed by atoms with van der Waals surface area (Å²) in [6.45, 7) is 0. The van der Waals surface area contributed by atoms with Crippen LogP contribution in [0.4, 0.5) is 0 Å². The van der Waals surface area contributed by atoms with Crippen LogP contribution in [0.5, 0.6) is 0 Å². The maximum atomic E-state index is 11.1. The SMILES string of the molecule is O=C([O-])c1cccc(C23CC4CC(CC(C4)C2)C3)c1. The molecule has 4 fully saturated rings. The van der Waals surface area contributed by atoms with E-state index in [4.69, 9.17) is 0 Å². The molecule has 4 aliphatic rings. The van der Waals surface area contributed by atoms with Crippen LogP contribution in [0.1, 0.15) is 54.4 Å². The Labute approximate surface area is 113 Å². The summed E-state index contributed by atoms with van der Waals surface area (Å²) in [5, 5.41) is 11.1. The van der Waals surface area contributed by atoms with Gasteiger partial charge in [0.05, 0.1) is 5.97 Å². The van der Waals surface area contributed by atoms with Crippen LogP contribution < -0.4 is 5.11 Å². The summed E-state index contributed by atoms with van der Waals surface area (Å²) in [5.41, 5.74) is 1.88. The topological polar surface area (TPSA) is 40.1 Å². The molecule has 2 heteroatoms. The number of rotatable bonds is 2. The van der Waals surface area contributed by atoms with Crippen molar-refractivity contribution in [1.82, 2.24) is 0 Å². The van der Waals surface area contributed by atoms with E-state index in [9.17, 15) is 9.90 Å². The van der Waals surface area contributed by atoms with E-state index in [2.05, 4.69) is 6.07 Å². The molecule has 100 valence electrons. The maximum Gasteiger partial charge on any atom is 0.0715 e. The second kappa shape index (κ2) is 3.84. The Hall–Kier alpha value is -1.31. The lowest BCUT2D eigenvalue weighted by atomic mass is 9.48. The number of carbonyl (C=O) groups excluding carboxylic acids is 1. The van der Waals surface area contributed by atoms with E-state index in [1.807, 2.05) is 12.1 Å². The summed E-state index contributed by atoms with van der Waals surface area (Å²) in [6.07, 6.45) is 8.07. The molecule has 0 saturated heterocycles. The van der Waals surface area contributed by atoms with Gasteiger partial charge in [0.1, 0.15) is 0 Å². The van der Waals surface area contributed by atoms with Crippen LogP contribution in [-0.2, 0) is 5.41 Å². The molecule has 1 aromatic rings. The van der Waals surface area contributed by atoms with Crippen LogP contribution >= 0.6 is 0 Å². The van der Waals surface area contributed by atoms with Gasteiger partial charge in [-0.05, 0) is 78.9 Å². The number of carboxylic acids is 1. The van der Waals surface area contributed by atoms with Crippen LogP contribution in [0.3, 0.4) is 0 Å². The molecule has 0 radical (unpaired) electrons. The number of hydrogen-bond donors (Lipinski definition) is 0. The van der Waals surface area contributed by atoms with Gasteiger partial charge in [0.2, 0.25) is 0 Å². The number of hydrogen-bond acceptors (Lipinski definition) is 2. The number of carbonyl (C=O) groups is 1. The third kappa shape index (κ3) is 1.73. The molecule has 0 heterocycles. The van der Waals surface area contributed by atoms with Crippen LogP contribution in [0.2, 0.25) is 0 Å². The van der Waals surface area contributed by atoms with Gasteiger partial charge in [-0.1, -0.05) is 18.2 Å². The first-order valence-electron chi connectivity index (χ1n) is 7.46. The number of benzene rings is 1. The van der Waals surface area contributed by atoms with Crippen molar-refractivity contribution in [2.24, 2.45) is 17.8 Å². The van der Waals surface area contributed by atoms with Gasteiger partial charge in [-0.3, -0.25) is 0 Å². The zero-order chi connectivity index (χ0) is 13.0. The van der Waals surface area contributed by atoms with Gasteiger partial charge < -0.3 is 9.90 Å². The number of carboxylic acid groups (broad SMARTS) is 1. The van der Waals surface area contributed by atoms with Crippen molar-refractivity contribution in [2.45, 2.75) is 43.9 Å². The predicted octanol–water partition coefficient (Wildman–Crippen LogP) is 2.52. The second-order valence-corrected chi connectivity index (χ2v) is 7.07. The lowest BCUT2D eigenvalue weighted by Gasteiger charge is -2.57. The van der Waals surface area contributed by atoms with Crippen LogP contribution in [0, 0.1) is 17.8 Å². The zero-order valence-electron chi connectivity index (χ0n) is 11.1. The maximum absolute atomic E-state index is 11.1. The van der Waals surface area contributed by atoms with Gasteiger partial charge in [0.15, 0.2) is 0 Å². The molecule has 4 saturated carbocycles. The Morgan fingerprint density at radius 3 is 2.16 bits per heavy atom. The molecule has 1 aromatic carbocycles. The Bertz CT molecular complexity index is 497. The Kier molecular flexibility index (Phi) is 2.33. The first-order chi connectivity index (χ1) is 9.14. The van der Waals surface area contributed by atoms with Crippen LogP contribution in [0.25, 0.3) is 0 Å². The highest BCUT2D eigenvalue weighted by molar-refractivity contribution is 5.86. The van der Waals surface area contributed by atoms with E-state index in [1.165, 1.54) is 44.1 Å². The van der Waals surface area contributed by atoms with Gasteiger partial charge in [0.25, 0.3) is 0 Å². The smallest absolute Gasteiger partial charge is 0.0715 e. The first kappa shape index (κ1) is 11.5.